The minimum Gasteiger partial charge on any atom is -0.395 e. The summed E-state index contributed by atoms with van der Waals surface area (Å²) >= 11 is 5.62. The van der Waals surface area contributed by atoms with Crippen LogP contribution in [0.5, 0.6) is 0 Å². The zero-order valence-corrected chi connectivity index (χ0v) is 11.9. The molecule has 2 rings (SSSR count). The van der Waals surface area contributed by atoms with E-state index in [1.165, 1.54) is 12.1 Å². The van der Waals surface area contributed by atoms with Gasteiger partial charge in [-0.05, 0) is 31.2 Å². The fourth-order valence-corrected chi connectivity index (χ4v) is 2.47. The molecule has 0 spiro atoms. The Labute approximate surface area is 122 Å². The van der Waals surface area contributed by atoms with Crippen molar-refractivity contribution in [3.05, 3.63) is 34.6 Å². The van der Waals surface area contributed by atoms with Crippen LogP contribution in [-0.2, 0) is 0 Å². The number of carbonyl (C=O) groups is 1. The molecule has 0 saturated carbocycles. The van der Waals surface area contributed by atoms with Gasteiger partial charge in [-0.15, -0.1) is 0 Å². The van der Waals surface area contributed by atoms with Crippen molar-refractivity contribution < 1.29 is 14.3 Å². The van der Waals surface area contributed by atoms with E-state index < -0.39 is 5.82 Å². The van der Waals surface area contributed by atoms with E-state index in [9.17, 15) is 9.18 Å². The Balaban J connectivity index is 2.03. The van der Waals surface area contributed by atoms with Crippen molar-refractivity contribution in [2.24, 2.45) is 0 Å². The molecular formula is C14H18ClFN2O2. The average molecular weight is 301 g/mol. The maximum absolute atomic E-state index is 13.4. The van der Waals surface area contributed by atoms with Crippen molar-refractivity contribution in [1.82, 2.24) is 9.80 Å². The molecule has 1 amide bonds. The van der Waals surface area contributed by atoms with Crippen molar-refractivity contribution >= 4 is 17.5 Å². The molecule has 1 aromatic carbocycles. The van der Waals surface area contributed by atoms with Gasteiger partial charge in [0.15, 0.2) is 0 Å². The lowest BCUT2D eigenvalue weighted by Gasteiger charge is -2.21. The van der Waals surface area contributed by atoms with Gasteiger partial charge in [0.1, 0.15) is 5.82 Å². The number of nitrogens with zero attached hydrogens (tertiary/aromatic N) is 2. The minimum atomic E-state index is -0.575. The number of hydrogen-bond donors (Lipinski definition) is 1. The van der Waals surface area contributed by atoms with Gasteiger partial charge in [-0.3, -0.25) is 9.69 Å². The highest BCUT2D eigenvalue weighted by Gasteiger charge is 2.20. The third-order valence-corrected chi connectivity index (χ3v) is 3.77. The van der Waals surface area contributed by atoms with E-state index in [1.807, 2.05) is 0 Å². The smallest absolute Gasteiger partial charge is 0.254 e. The van der Waals surface area contributed by atoms with Crippen LogP contribution in [-0.4, -0.2) is 60.1 Å². The molecule has 0 bridgehead atoms. The van der Waals surface area contributed by atoms with Crippen LogP contribution < -0.4 is 0 Å². The molecule has 1 aliphatic heterocycles. The molecular weight excluding hydrogens is 283 g/mol. The second kappa shape index (κ2) is 7.02. The van der Waals surface area contributed by atoms with E-state index >= 15 is 0 Å². The molecule has 1 saturated heterocycles. The predicted molar refractivity (Wildman–Crippen MR) is 75.5 cm³/mol. The van der Waals surface area contributed by atoms with Crippen LogP contribution in [0.15, 0.2) is 18.2 Å². The molecule has 0 unspecified atom stereocenters. The van der Waals surface area contributed by atoms with Gasteiger partial charge in [0.25, 0.3) is 5.91 Å². The molecule has 0 atom stereocenters. The van der Waals surface area contributed by atoms with E-state index in [0.29, 0.717) is 25.2 Å². The highest BCUT2D eigenvalue weighted by atomic mass is 35.5. The normalized spacial score (nSPS) is 17.1. The largest absolute Gasteiger partial charge is 0.395 e. The first-order valence-electron chi connectivity index (χ1n) is 6.69. The first-order chi connectivity index (χ1) is 9.61. The van der Waals surface area contributed by atoms with Crippen LogP contribution in [0.1, 0.15) is 16.8 Å². The molecule has 1 N–H and O–H groups in total. The number of aliphatic hydroxyl groups is 1. The first kappa shape index (κ1) is 15.2. The van der Waals surface area contributed by atoms with Crippen LogP contribution >= 0.6 is 11.6 Å². The number of aliphatic hydroxyl groups excluding tert-OH is 1. The first-order valence-corrected chi connectivity index (χ1v) is 7.07. The van der Waals surface area contributed by atoms with E-state index in [-0.39, 0.29) is 17.5 Å². The molecule has 110 valence electrons. The summed E-state index contributed by atoms with van der Waals surface area (Å²) in [7, 11) is 0. The third kappa shape index (κ3) is 3.69. The number of rotatable bonds is 3. The second-order valence-corrected chi connectivity index (χ2v) is 5.25. The Bertz CT molecular complexity index is 484. The van der Waals surface area contributed by atoms with Crippen LogP contribution in [0.4, 0.5) is 4.39 Å². The van der Waals surface area contributed by atoms with Gasteiger partial charge in [0.05, 0.1) is 11.6 Å². The number of amides is 1. The molecule has 20 heavy (non-hydrogen) atoms. The van der Waals surface area contributed by atoms with Gasteiger partial charge >= 0.3 is 0 Å². The third-order valence-electron chi connectivity index (χ3n) is 3.46. The van der Waals surface area contributed by atoms with Gasteiger partial charge in [-0.2, -0.15) is 0 Å². The van der Waals surface area contributed by atoms with Crippen molar-refractivity contribution in [2.75, 3.05) is 39.3 Å². The number of halogens is 2. The Hall–Kier alpha value is -1.17. The summed E-state index contributed by atoms with van der Waals surface area (Å²) in [6.45, 7) is 3.56. The quantitative estimate of drug-likeness (QED) is 0.922. The number of carbonyl (C=O) groups excluding carboxylic acids is 1. The van der Waals surface area contributed by atoms with Crippen LogP contribution in [0.3, 0.4) is 0 Å². The molecule has 4 nitrogen and oxygen atoms in total. The van der Waals surface area contributed by atoms with Crippen LogP contribution in [0, 0.1) is 5.82 Å². The maximum atomic E-state index is 13.4. The van der Waals surface area contributed by atoms with Crippen molar-refractivity contribution in [2.45, 2.75) is 6.42 Å². The lowest BCUT2D eigenvalue weighted by molar-refractivity contribution is 0.0760. The SMILES string of the molecule is O=C(c1ccc(Cl)c(F)c1)N1CCCN(CCO)CC1. The molecule has 1 heterocycles. The van der Waals surface area contributed by atoms with Crippen LogP contribution in [0.2, 0.25) is 5.02 Å². The fraction of sp³-hybridized carbons (Fsp3) is 0.500. The predicted octanol–water partition coefficient (Wildman–Crippen LogP) is 1.62. The summed E-state index contributed by atoms with van der Waals surface area (Å²) in [6.07, 6.45) is 0.849. The lowest BCUT2D eigenvalue weighted by Crippen LogP contribution is -2.35. The topological polar surface area (TPSA) is 43.8 Å². The van der Waals surface area contributed by atoms with E-state index in [1.54, 1.807) is 11.0 Å². The monoisotopic (exact) mass is 300 g/mol. The molecule has 1 aliphatic rings. The Morgan fingerprint density at radius 3 is 2.80 bits per heavy atom. The molecule has 0 radical (unpaired) electrons. The second-order valence-electron chi connectivity index (χ2n) is 4.84. The highest BCUT2D eigenvalue weighted by molar-refractivity contribution is 6.30. The van der Waals surface area contributed by atoms with Gasteiger partial charge < -0.3 is 10.0 Å². The zero-order chi connectivity index (χ0) is 14.5. The zero-order valence-electron chi connectivity index (χ0n) is 11.2. The Morgan fingerprint density at radius 1 is 1.30 bits per heavy atom. The Kier molecular flexibility index (Phi) is 5.34. The van der Waals surface area contributed by atoms with E-state index in [2.05, 4.69) is 4.90 Å². The summed E-state index contributed by atoms with van der Waals surface area (Å²) in [5.41, 5.74) is 0.322. The van der Waals surface area contributed by atoms with E-state index in [0.717, 1.165) is 19.5 Å². The number of benzene rings is 1. The van der Waals surface area contributed by atoms with Gasteiger partial charge in [-0.25, -0.2) is 4.39 Å². The molecule has 0 aromatic heterocycles. The summed E-state index contributed by atoms with van der Waals surface area (Å²) < 4.78 is 13.4. The van der Waals surface area contributed by atoms with Gasteiger partial charge in [0.2, 0.25) is 0 Å². The average Bonchev–Trinajstić information content (AvgIpc) is 2.67. The molecule has 0 aliphatic carbocycles. The fourth-order valence-electron chi connectivity index (χ4n) is 2.35. The van der Waals surface area contributed by atoms with Crippen molar-refractivity contribution in [3.63, 3.8) is 0 Å². The summed E-state index contributed by atoms with van der Waals surface area (Å²) in [5.74, 6) is -0.749. The van der Waals surface area contributed by atoms with Crippen LogP contribution in [0.25, 0.3) is 0 Å². The summed E-state index contributed by atoms with van der Waals surface area (Å²) in [6, 6.07) is 4.13. The van der Waals surface area contributed by atoms with E-state index in [4.69, 9.17) is 16.7 Å². The van der Waals surface area contributed by atoms with Crippen molar-refractivity contribution in [1.29, 1.82) is 0 Å². The minimum absolute atomic E-state index is 0.0199. The standard InChI is InChI=1S/C14H18ClFN2O2/c15-12-3-2-11(10-13(12)16)14(20)18-5-1-4-17(6-7-18)8-9-19/h2-3,10,19H,1,4-9H2. The molecule has 1 fully saturated rings. The van der Waals surface area contributed by atoms with Gasteiger partial charge in [0, 0.05) is 31.7 Å². The maximum Gasteiger partial charge on any atom is 0.254 e. The molecule has 1 aromatic rings. The lowest BCUT2D eigenvalue weighted by atomic mass is 10.2. The highest BCUT2D eigenvalue weighted by Crippen LogP contribution is 2.17. The van der Waals surface area contributed by atoms with Gasteiger partial charge in [-0.1, -0.05) is 11.6 Å². The summed E-state index contributed by atoms with van der Waals surface area (Å²) in [5, 5.41) is 8.96. The van der Waals surface area contributed by atoms with Crippen molar-refractivity contribution in [3.8, 4) is 0 Å². The summed E-state index contributed by atoms with van der Waals surface area (Å²) in [4.78, 5) is 16.2. The number of β-amino-alcohol motifs (C(OH)–C–C–N with tert-alkyl or cyclic N) is 1. The number of hydrogen-bond acceptors (Lipinski definition) is 3. The molecule has 6 heteroatoms. The Morgan fingerprint density at radius 2 is 2.10 bits per heavy atom.